The Kier molecular flexibility index (Phi) is 8.40. The highest BCUT2D eigenvalue weighted by atomic mass is 127. The molecule has 22 heavy (non-hydrogen) atoms. The number of nitrogens with one attached hydrogen (secondary N) is 2. The average Bonchev–Trinajstić information content (AvgIpc) is 3.01. The minimum absolute atomic E-state index is 0. The van der Waals surface area contributed by atoms with E-state index in [1.807, 2.05) is 25.1 Å². The highest BCUT2D eigenvalue weighted by Gasteiger charge is 2.07. The van der Waals surface area contributed by atoms with Gasteiger partial charge in [0.15, 0.2) is 5.96 Å². The van der Waals surface area contributed by atoms with Gasteiger partial charge in [-0.2, -0.15) is 0 Å². The lowest BCUT2D eigenvalue weighted by Gasteiger charge is -2.15. The van der Waals surface area contributed by atoms with E-state index in [0.717, 1.165) is 23.9 Å². The minimum Gasteiger partial charge on any atom is -0.356 e. The Morgan fingerprint density at radius 3 is 2.73 bits per heavy atom. The van der Waals surface area contributed by atoms with Gasteiger partial charge >= 0.3 is 0 Å². The molecule has 0 bridgehead atoms. The summed E-state index contributed by atoms with van der Waals surface area (Å²) in [6.07, 6.45) is 0. The number of rotatable bonds is 5. The maximum Gasteiger partial charge on any atom is 0.191 e. The van der Waals surface area contributed by atoms with E-state index in [-0.39, 0.29) is 24.0 Å². The Morgan fingerprint density at radius 1 is 1.27 bits per heavy atom. The van der Waals surface area contributed by atoms with Crippen molar-refractivity contribution in [3.63, 3.8) is 0 Å². The van der Waals surface area contributed by atoms with E-state index in [4.69, 9.17) is 0 Å². The smallest absolute Gasteiger partial charge is 0.191 e. The molecule has 4 nitrogen and oxygen atoms in total. The molecular weight excluding hydrogens is 407 g/mol. The van der Waals surface area contributed by atoms with Crippen LogP contribution < -0.4 is 10.6 Å². The first-order valence-corrected chi connectivity index (χ1v) is 7.97. The van der Waals surface area contributed by atoms with Gasteiger partial charge < -0.3 is 10.6 Å². The zero-order valence-electron chi connectivity index (χ0n) is 13.2. The fourth-order valence-electron chi connectivity index (χ4n) is 2.01. The Labute approximate surface area is 153 Å². The molecule has 0 saturated carbocycles. The molecule has 2 heterocycles. The zero-order chi connectivity index (χ0) is 15.1. The van der Waals surface area contributed by atoms with Crippen LogP contribution in [0, 0.1) is 6.92 Å². The topological polar surface area (TPSA) is 49.3 Å². The van der Waals surface area contributed by atoms with Crippen molar-refractivity contribution in [3.05, 3.63) is 52.0 Å². The Balaban J connectivity index is 0.00000242. The SMILES string of the molecule is CN=C(NCc1cccc(C)n1)NCC(C)c1cccs1.I. The van der Waals surface area contributed by atoms with Crippen LogP contribution in [-0.2, 0) is 6.54 Å². The molecule has 2 aromatic heterocycles. The minimum atomic E-state index is 0. The maximum absolute atomic E-state index is 4.47. The number of halogens is 1. The summed E-state index contributed by atoms with van der Waals surface area (Å²) >= 11 is 1.79. The molecule has 0 amide bonds. The van der Waals surface area contributed by atoms with E-state index in [2.05, 4.69) is 45.0 Å². The Morgan fingerprint density at radius 2 is 2.09 bits per heavy atom. The van der Waals surface area contributed by atoms with Crippen molar-refractivity contribution in [3.8, 4) is 0 Å². The van der Waals surface area contributed by atoms with E-state index in [1.165, 1.54) is 4.88 Å². The molecule has 0 spiro atoms. The van der Waals surface area contributed by atoms with Gasteiger partial charge in [0.2, 0.25) is 0 Å². The number of hydrogen-bond donors (Lipinski definition) is 2. The van der Waals surface area contributed by atoms with Gasteiger partial charge in [-0.15, -0.1) is 35.3 Å². The standard InChI is InChI=1S/C16H22N4S.HI/c1-12(15-8-5-9-21-15)10-18-16(17-3)19-11-14-7-4-6-13(2)20-14;/h4-9,12H,10-11H2,1-3H3,(H2,17,18,19);1H. The summed E-state index contributed by atoms with van der Waals surface area (Å²) < 4.78 is 0. The lowest BCUT2D eigenvalue weighted by atomic mass is 10.1. The quantitative estimate of drug-likeness (QED) is 0.434. The highest BCUT2D eigenvalue weighted by Crippen LogP contribution is 2.19. The van der Waals surface area contributed by atoms with Crippen molar-refractivity contribution in [2.24, 2.45) is 4.99 Å². The van der Waals surface area contributed by atoms with Crippen molar-refractivity contribution in [1.29, 1.82) is 0 Å². The highest BCUT2D eigenvalue weighted by molar-refractivity contribution is 14.0. The maximum atomic E-state index is 4.47. The number of pyridine rings is 1. The monoisotopic (exact) mass is 430 g/mol. The zero-order valence-corrected chi connectivity index (χ0v) is 16.3. The van der Waals surface area contributed by atoms with Gasteiger partial charge in [-0.3, -0.25) is 9.98 Å². The van der Waals surface area contributed by atoms with Crippen LogP contribution in [0.25, 0.3) is 0 Å². The van der Waals surface area contributed by atoms with Crippen molar-refractivity contribution >= 4 is 41.3 Å². The number of guanidine groups is 1. The normalized spacial score (nSPS) is 12.4. The number of aliphatic imine (C=N–C) groups is 1. The molecule has 1 atom stereocenters. The number of hydrogen-bond acceptors (Lipinski definition) is 3. The van der Waals surface area contributed by atoms with Crippen molar-refractivity contribution in [1.82, 2.24) is 15.6 Å². The lowest BCUT2D eigenvalue weighted by Crippen LogP contribution is -2.38. The predicted molar refractivity (Wildman–Crippen MR) is 105 cm³/mol. The van der Waals surface area contributed by atoms with Gasteiger partial charge in [0, 0.05) is 30.1 Å². The van der Waals surface area contributed by atoms with Gasteiger partial charge in [0.1, 0.15) is 0 Å². The molecule has 120 valence electrons. The van der Waals surface area contributed by atoms with E-state index in [0.29, 0.717) is 12.5 Å². The first kappa shape index (κ1) is 18.9. The summed E-state index contributed by atoms with van der Waals surface area (Å²) in [5.74, 6) is 1.28. The molecule has 0 aliphatic heterocycles. The largest absolute Gasteiger partial charge is 0.356 e. The summed E-state index contributed by atoms with van der Waals surface area (Å²) in [6, 6.07) is 10.3. The molecule has 0 radical (unpaired) electrons. The number of thiophene rings is 1. The molecule has 2 rings (SSSR count). The first-order chi connectivity index (χ1) is 10.2. The van der Waals surface area contributed by atoms with Gasteiger partial charge in [-0.1, -0.05) is 19.1 Å². The summed E-state index contributed by atoms with van der Waals surface area (Å²) in [5, 5.41) is 8.77. The summed E-state index contributed by atoms with van der Waals surface area (Å²) in [6.45, 7) is 5.75. The van der Waals surface area contributed by atoms with Gasteiger partial charge in [0.05, 0.1) is 12.2 Å². The Hall–Kier alpha value is -1.15. The van der Waals surface area contributed by atoms with Crippen LogP contribution in [0.3, 0.4) is 0 Å². The Bertz CT molecular complexity index is 584. The molecule has 6 heteroatoms. The van der Waals surface area contributed by atoms with Crippen molar-refractivity contribution in [2.75, 3.05) is 13.6 Å². The second-order valence-corrected chi connectivity index (χ2v) is 5.97. The third-order valence-corrected chi connectivity index (χ3v) is 4.31. The fraction of sp³-hybridized carbons (Fsp3) is 0.375. The van der Waals surface area contributed by atoms with Gasteiger partial charge in [0.25, 0.3) is 0 Å². The first-order valence-electron chi connectivity index (χ1n) is 7.09. The van der Waals surface area contributed by atoms with Gasteiger partial charge in [-0.05, 0) is 30.5 Å². The third kappa shape index (κ3) is 5.92. The van der Waals surface area contributed by atoms with Crippen LogP contribution in [0.1, 0.15) is 29.1 Å². The van der Waals surface area contributed by atoms with Crippen LogP contribution in [-0.4, -0.2) is 24.5 Å². The molecule has 0 fully saturated rings. The molecule has 2 N–H and O–H groups in total. The molecule has 0 aliphatic carbocycles. The van der Waals surface area contributed by atoms with Crippen LogP contribution in [0.2, 0.25) is 0 Å². The van der Waals surface area contributed by atoms with Crippen molar-refractivity contribution in [2.45, 2.75) is 26.3 Å². The predicted octanol–water partition coefficient (Wildman–Crippen LogP) is 3.54. The summed E-state index contributed by atoms with van der Waals surface area (Å²) in [4.78, 5) is 10.1. The summed E-state index contributed by atoms with van der Waals surface area (Å²) in [5.41, 5.74) is 2.05. The molecule has 1 unspecified atom stereocenters. The molecule has 2 aromatic rings. The molecule has 0 aliphatic rings. The number of aryl methyl sites for hydroxylation is 1. The second-order valence-electron chi connectivity index (χ2n) is 4.99. The van der Waals surface area contributed by atoms with Gasteiger partial charge in [-0.25, -0.2) is 0 Å². The summed E-state index contributed by atoms with van der Waals surface area (Å²) in [7, 11) is 1.79. The lowest BCUT2D eigenvalue weighted by molar-refractivity contribution is 0.705. The van der Waals surface area contributed by atoms with E-state index >= 15 is 0 Å². The molecule has 0 aromatic carbocycles. The number of nitrogens with zero attached hydrogens (tertiary/aromatic N) is 2. The molecule has 0 saturated heterocycles. The van der Waals surface area contributed by atoms with E-state index < -0.39 is 0 Å². The van der Waals surface area contributed by atoms with Crippen LogP contribution >= 0.6 is 35.3 Å². The number of aromatic nitrogens is 1. The van der Waals surface area contributed by atoms with Crippen LogP contribution in [0.4, 0.5) is 0 Å². The fourth-order valence-corrected chi connectivity index (χ4v) is 2.80. The second kappa shape index (κ2) is 9.78. The molecular formula is C16H23IN4S. The van der Waals surface area contributed by atoms with Crippen molar-refractivity contribution < 1.29 is 0 Å². The van der Waals surface area contributed by atoms with Crippen LogP contribution in [0.5, 0.6) is 0 Å². The van der Waals surface area contributed by atoms with E-state index in [9.17, 15) is 0 Å². The third-order valence-electron chi connectivity index (χ3n) is 3.21. The average molecular weight is 430 g/mol. The van der Waals surface area contributed by atoms with E-state index in [1.54, 1.807) is 18.4 Å². The van der Waals surface area contributed by atoms with Crippen LogP contribution in [0.15, 0.2) is 40.7 Å².